The fourth-order valence-corrected chi connectivity index (χ4v) is 3.39. The zero-order chi connectivity index (χ0) is 20.6. The summed E-state index contributed by atoms with van der Waals surface area (Å²) in [6.45, 7) is 2.36. The van der Waals surface area contributed by atoms with Gasteiger partial charge in [-0.1, -0.05) is 66.7 Å². The molecule has 1 N–H and O–H groups in total. The normalized spacial score (nSPS) is 10.9. The predicted molar refractivity (Wildman–Crippen MR) is 121 cm³/mol. The Kier molecular flexibility index (Phi) is 6.58. The summed E-state index contributed by atoms with van der Waals surface area (Å²) in [7, 11) is 0. The average molecular weight is 399 g/mol. The van der Waals surface area contributed by atoms with E-state index < -0.39 is 0 Å². The van der Waals surface area contributed by atoms with Crippen molar-refractivity contribution in [1.29, 1.82) is 0 Å². The van der Waals surface area contributed by atoms with Crippen molar-refractivity contribution in [3.63, 3.8) is 0 Å². The molecule has 4 rings (SSSR count). The van der Waals surface area contributed by atoms with Crippen LogP contribution in [0.15, 0.2) is 94.1 Å². The Labute approximate surface area is 176 Å². The Bertz CT molecular complexity index is 1140. The molecule has 1 aromatic heterocycles. The van der Waals surface area contributed by atoms with Gasteiger partial charge in [-0.3, -0.25) is 4.79 Å². The average Bonchev–Trinajstić information content (AvgIpc) is 2.80. The maximum absolute atomic E-state index is 12.6. The van der Waals surface area contributed by atoms with E-state index in [1.54, 1.807) is 6.07 Å². The Morgan fingerprint density at radius 2 is 1.60 bits per heavy atom. The Morgan fingerprint density at radius 1 is 0.833 bits per heavy atom. The van der Waals surface area contributed by atoms with Crippen LogP contribution in [0.4, 0.5) is 0 Å². The molecule has 4 nitrogen and oxygen atoms in total. The van der Waals surface area contributed by atoms with Crippen LogP contribution in [0.3, 0.4) is 0 Å². The van der Waals surface area contributed by atoms with Crippen LogP contribution in [0.1, 0.15) is 12.0 Å². The molecular weight excluding hydrogens is 374 g/mol. The molecule has 0 aliphatic heterocycles. The molecule has 4 aromatic rings. The highest BCUT2D eigenvalue weighted by molar-refractivity contribution is 5.84. The maximum Gasteiger partial charge on any atom is 0.193 e. The van der Waals surface area contributed by atoms with Gasteiger partial charge in [0, 0.05) is 11.6 Å². The highest BCUT2D eigenvalue weighted by Crippen LogP contribution is 2.28. The van der Waals surface area contributed by atoms with Gasteiger partial charge >= 0.3 is 0 Å². The Morgan fingerprint density at radius 3 is 2.40 bits per heavy atom. The Balaban J connectivity index is 1.36. The lowest BCUT2D eigenvalue weighted by molar-refractivity contribution is 0.307. The van der Waals surface area contributed by atoms with Crippen molar-refractivity contribution in [3.8, 4) is 17.1 Å². The quantitative estimate of drug-likeness (QED) is 0.400. The number of hydrogen-bond acceptors (Lipinski definition) is 4. The van der Waals surface area contributed by atoms with E-state index in [1.807, 2.05) is 48.5 Å². The van der Waals surface area contributed by atoms with E-state index >= 15 is 0 Å². The van der Waals surface area contributed by atoms with Crippen molar-refractivity contribution in [1.82, 2.24) is 5.32 Å². The molecule has 1 heterocycles. The minimum Gasteiger partial charge on any atom is -0.490 e. The highest BCUT2D eigenvalue weighted by atomic mass is 16.5. The van der Waals surface area contributed by atoms with Crippen LogP contribution in [0, 0.1) is 0 Å². The van der Waals surface area contributed by atoms with Crippen LogP contribution >= 0.6 is 0 Å². The second-order valence-electron chi connectivity index (χ2n) is 7.16. The fraction of sp³-hybridized carbons (Fsp3) is 0.192. The van der Waals surface area contributed by atoms with Crippen LogP contribution in [0.2, 0.25) is 0 Å². The first kappa shape index (κ1) is 19.9. The molecule has 3 aromatic carbocycles. The molecule has 4 heteroatoms. The van der Waals surface area contributed by atoms with E-state index in [0.29, 0.717) is 29.1 Å². The highest BCUT2D eigenvalue weighted by Gasteiger charge is 2.11. The van der Waals surface area contributed by atoms with Crippen molar-refractivity contribution < 1.29 is 9.15 Å². The first-order chi connectivity index (χ1) is 14.8. The third-order valence-corrected chi connectivity index (χ3v) is 4.97. The standard InChI is InChI=1S/C26H25NO3/c28-23-19-25(21-11-5-2-6-12-21)30-26-22(23)13-7-14-24(26)29-18-8-16-27-17-15-20-9-3-1-4-10-20/h1-7,9-14,19,27H,8,15-18H2. The van der Waals surface area contributed by atoms with E-state index in [-0.39, 0.29) is 5.43 Å². The molecule has 0 radical (unpaired) electrons. The van der Waals surface area contributed by atoms with Crippen molar-refractivity contribution >= 4 is 11.0 Å². The van der Waals surface area contributed by atoms with Gasteiger partial charge in [0.2, 0.25) is 0 Å². The smallest absolute Gasteiger partial charge is 0.193 e. The van der Waals surface area contributed by atoms with Gasteiger partial charge in [0.1, 0.15) is 5.76 Å². The van der Waals surface area contributed by atoms with Gasteiger partial charge in [-0.2, -0.15) is 0 Å². The van der Waals surface area contributed by atoms with Gasteiger partial charge < -0.3 is 14.5 Å². The minimum atomic E-state index is -0.0665. The lowest BCUT2D eigenvalue weighted by Gasteiger charge is -2.10. The molecule has 0 atom stereocenters. The number of fused-ring (bicyclic) bond motifs is 1. The fourth-order valence-electron chi connectivity index (χ4n) is 3.39. The van der Waals surface area contributed by atoms with Crippen LogP contribution < -0.4 is 15.5 Å². The molecule has 152 valence electrons. The molecule has 0 saturated carbocycles. The SMILES string of the molecule is O=c1cc(-c2ccccc2)oc2c(OCCCNCCc3ccccc3)cccc12. The summed E-state index contributed by atoms with van der Waals surface area (Å²) in [6, 6.07) is 27.1. The predicted octanol–water partition coefficient (Wildman–Crippen LogP) is 5.06. The minimum absolute atomic E-state index is 0.0665. The number of nitrogens with one attached hydrogen (secondary N) is 1. The van der Waals surface area contributed by atoms with E-state index in [2.05, 4.69) is 29.6 Å². The molecule has 30 heavy (non-hydrogen) atoms. The van der Waals surface area contributed by atoms with E-state index in [1.165, 1.54) is 11.6 Å². The second-order valence-corrected chi connectivity index (χ2v) is 7.16. The van der Waals surface area contributed by atoms with Crippen molar-refractivity contribution in [3.05, 3.63) is 101 Å². The van der Waals surface area contributed by atoms with Crippen LogP contribution in [0.25, 0.3) is 22.3 Å². The molecule has 0 aliphatic carbocycles. The van der Waals surface area contributed by atoms with Gasteiger partial charge in [0.05, 0.1) is 12.0 Å². The Hall–Kier alpha value is -3.37. The molecule has 0 fully saturated rings. The third kappa shape index (κ3) is 4.97. The molecule has 0 unspecified atom stereocenters. The topological polar surface area (TPSA) is 51.5 Å². The number of rotatable bonds is 9. The zero-order valence-corrected chi connectivity index (χ0v) is 16.8. The number of ether oxygens (including phenoxy) is 1. The summed E-state index contributed by atoms with van der Waals surface area (Å²) < 4.78 is 12.0. The summed E-state index contributed by atoms with van der Waals surface area (Å²) in [5, 5.41) is 3.98. The van der Waals surface area contributed by atoms with Crippen molar-refractivity contribution in [2.24, 2.45) is 0 Å². The summed E-state index contributed by atoms with van der Waals surface area (Å²) in [6.07, 6.45) is 1.88. The molecule has 0 spiro atoms. The van der Waals surface area contributed by atoms with Crippen LogP contribution in [-0.4, -0.2) is 19.7 Å². The summed E-state index contributed by atoms with van der Waals surface area (Å²) in [5.74, 6) is 1.15. The van der Waals surface area contributed by atoms with E-state index in [4.69, 9.17) is 9.15 Å². The summed E-state index contributed by atoms with van der Waals surface area (Å²) in [4.78, 5) is 12.6. The number of hydrogen-bond donors (Lipinski definition) is 1. The lowest BCUT2D eigenvalue weighted by Crippen LogP contribution is -2.20. The van der Waals surface area contributed by atoms with Crippen LogP contribution in [-0.2, 0) is 6.42 Å². The third-order valence-electron chi connectivity index (χ3n) is 4.97. The van der Waals surface area contributed by atoms with Gasteiger partial charge in [-0.25, -0.2) is 0 Å². The van der Waals surface area contributed by atoms with Gasteiger partial charge in [0.25, 0.3) is 0 Å². The van der Waals surface area contributed by atoms with Gasteiger partial charge in [-0.15, -0.1) is 0 Å². The summed E-state index contributed by atoms with van der Waals surface area (Å²) >= 11 is 0. The zero-order valence-electron chi connectivity index (χ0n) is 16.8. The van der Waals surface area contributed by atoms with E-state index in [9.17, 15) is 4.79 Å². The van der Waals surface area contributed by atoms with Crippen molar-refractivity contribution in [2.75, 3.05) is 19.7 Å². The van der Waals surface area contributed by atoms with Gasteiger partial charge in [-0.05, 0) is 43.6 Å². The summed E-state index contributed by atoms with van der Waals surface area (Å²) in [5.41, 5.74) is 2.64. The molecule has 0 aliphatic rings. The van der Waals surface area contributed by atoms with E-state index in [0.717, 1.165) is 31.5 Å². The molecule has 0 saturated heterocycles. The van der Waals surface area contributed by atoms with Crippen LogP contribution in [0.5, 0.6) is 5.75 Å². The number of para-hydroxylation sites is 1. The number of benzene rings is 3. The monoisotopic (exact) mass is 399 g/mol. The molecule has 0 amide bonds. The first-order valence-electron chi connectivity index (χ1n) is 10.3. The van der Waals surface area contributed by atoms with Crippen molar-refractivity contribution in [2.45, 2.75) is 12.8 Å². The van der Waals surface area contributed by atoms with Gasteiger partial charge in [0.15, 0.2) is 16.8 Å². The molecule has 0 bridgehead atoms. The lowest BCUT2D eigenvalue weighted by atomic mass is 10.1. The first-order valence-corrected chi connectivity index (χ1v) is 10.3. The second kappa shape index (κ2) is 9.90. The largest absolute Gasteiger partial charge is 0.490 e. The molecular formula is C26H25NO3. The maximum atomic E-state index is 12.6.